The van der Waals surface area contributed by atoms with E-state index in [2.05, 4.69) is 31.9 Å². The number of carbonyl (C=O) groups is 2. The number of hydrogen-bond acceptors (Lipinski definition) is 6. The molecule has 2 heterocycles. The lowest BCUT2D eigenvalue weighted by Gasteiger charge is -2.56. The van der Waals surface area contributed by atoms with Gasteiger partial charge in [-0.25, -0.2) is 9.78 Å². The number of rotatable bonds is 6. The van der Waals surface area contributed by atoms with Gasteiger partial charge in [0.2, 0.25) is 11.1 Å². The molecular formula is C20H25N5O2S2. The number of nitrogens with zero attached hydrogens (tertiary/aromatic N) is 2. The number of H-pyrrole nitrogens is 1. The lowest BCUT2D eigenvalue weighted by Crippen LogP contribution is -2.61. The van der Waals surface area contributed by atoms with Gasteiger partial charge in [0, 0.05) is 16.8 Å². The number of hydrogen-bond donors (Lipinski definition) is 3. The van der Waals surface area contributed by atoms with E-state index < -0.39 is 0 Å². The van der Waals surface area contributed by atoms with Gasteiger partial charge < -0.3 is 5.32 Å². The molecule has 2 aromatic rings. The molecule has 0 atom stereocenters. The Labute approximate surface area is 177 Å². The van der Waals surface area contributed by atoms with Gasteiger partial charge in [-0.15, -0.1) is 16.4 Å². The third kappa shape index (κ3) is 4.35. The lowest BCUT2D eigenvalue weighted by atomic mass is 9.53. The van der Waals surface area contributed by atoms with Gasteiger partial charge >= 0.3 is 6.03 Å². The first kappa shape index (κ1) is 19.1. The highest BCUT2D eigenvalue weighted by Crippen LogP contribution is 2.55. The summed E-state index contributed by atoms with van der Waals surface area (Å²) in [6.45, 7) is 0. The number of nitrogens with one attached hydrogen (secondary N) is 3. The predicted molar refractivity (Wildman–Crippen MR) is 112 cm³/mol. The quantitative estimate of drug-likeness (QED) is 0.609. The SMILES string of the molecule is O=C(CSc1n[nH]c(Cc2cccs2)n1)NC(=O)NC12CC3CC(CC(C3)C1)C2. The van der Waals surface area contributed by atoms with Crippen LogP contribution in [-0.4, -0.2) is 38.4 Å². The van der Waals surface area contributed by atoms with Gasteiger partial charge in [-0.3, -0.25) is 15.2 Å². The first-order valence-electron chi connectivity index (χ1n) is 10.2. The van der Waals surface area contributed by atoms with Crippen molar-refractivity contribution < 1.29 is 9.59 Å². The van der Waals surface area contributed by atoms with E-state index in [1.165, 1.54) is 35.9 Å². The minimum absolute atomic E-state index is 0.0906. The zero-order valence-corrected chi connectivity index (χ0v) is 17.8. The third-order valence-corrected chi connectivity index (χ3v) is 8.16. The Balaban J connectivity index is 1.09. The molecule has 0 unspecified atom stereocenters. The van der Waals surface area contributed by atoms with E-state index in [1.54, 1.807) is 11.3 Å². The number of aromatic nitrogens is 3. The van der Waals surface area contributed by atoms with Gasteiger partial charge in [-0.05, 0) is 67.7 Å². The molecule has 6 rings (SSSR count). The summed E-state index contributed by atoms with van der Waals surface area (Å²) in [4.78, 5) is 30.3. The van der Waals surface area contributed by atoms with Crippen LogP contribution in [0, 0.1) is 17.8 Å². The summed E-state index contributed by atoms with van der Waals surface area (Å²) in [6.07, 6.45) is 7.87. The summed E-state index contributed by atoms with van der Waals surface area (Å²) in [5.41, 5.74) is -0.0906. The topological polar surface area (TPSA) is 99.8 Å². The van der Waals surface area contributed by atoms with Crippen molar-refractivity contribution in [3.63, 3.8) is 0 Å². The Bertz CT molecular complexity index is 859. The molecule has 0 saturated heterocycles. The van der Waals surface area contributed by atoms with Crippen LogP contribution in [0.1, 0.15) is 49.2 Å². The summed E-state index contributed by atoms with van der Waals surface area (Å²) in [5, 5.41) is 15.3. The van der Waals surface area contributed by atoms with Crippen LogP contribution in [0.25, 0.3) is 0 Å². The summed E-state index contributed by atoms with van der Waals surface area (Å²) >= 11 is 2.90. The zero-order valence-electron chi connectivity index (χ0n) is 16.1. The monoisotopic (exact) mass is 431 g/mol. The van der Waals surface area contributed by atoms with Crippen molar-refractivity contribution in [2.24, 2.45) is 17.8 Å². The Morgan fingerprint density at radius 1 is 1.21 bits per heavy atom. The number of thioether (sulfide) groups is 1. The average Bonchev–Trinajstić information content (AvgIpc) is 3.30. The first-order valence-corrected chi connectivity index (χ1v) is 12.1. The van der Waals surface area contributed by atoms with Crippen LogP contribution < -0.4 is 10.6 Å². The highest BCUT2D eigenvalue weighted by atomic mass is 32.2. The lowest BCUT2D eigenvalue weighted by molar-refractivity contribution is -0.117. The number of amides is 3. The Kier molecular flexibility index (Phi) is 5.11. The van der Waals surface area contributed by atoms with Crippen LogP contribution in [0.4, 0.5) is 4.79 Å². The van der Waals surface area contributed by atoms with Crippen molar-refractivity contribution in [1.82, 2.24) is 25.8 Å². The molecule has 4 aliphatic carbocycles. The Morgan fingerprint density at radius 2 is 1.93 bits per heavy atom. The fourth-order valence-corrected chi connectivity index (χ4v) is 7.15. The number of thiophene rings is 1. The molecule has 154 valence electrons. The van der Waals surface area contributed by atoms with Crippen molar-refractivity contribution in [3.05, 3.63) is 28.2 Å². The van der Waals surface area contributed by atoms with E-state index in [-0.39, 0.29) is 23.2 Å². The van der Waals surface area contributed by atoms with Crippen molar-refractivity contribution in [2.75, 3.05) is 5.75 Å². The zero-order chi connectivity index (χ0) is 19.8. The molecule has 3 amide bonds. The maximum Gasteiger partial charge on any atom is 0.321 e. The molecule has 4 aliphatic rings. The minimum atomic E-state index is -0.356. The van der Waals surface area contributed by atoms with Crippen molar-refractivity contribution >= 4 is 35.0 Å². The molecule has 0 aliphatic heterocycles. The standard InChI is InChI=1S/C20H25N5O2S2/c26-17(11-29-19-21-16(24-25-19)7-15-2-1-3-28-15)22-18(27)23-20-8-12-4-13(9-20)6-14(5-12)10-20/h1-3,12-14H,4-11H2,(H,21,24,25)(H2,22,23,26,27). The second-order valence-electron chi connectivity index (χ2n) is 8.81. The molecule has 2 aromatic heterocycles. The van der Waals surface area contributed by atoms with Gasteiger partial charge in [-0.2, -0.15) is 0 Å². The molecule has 0 aromatic carbocycles. The highest BCUT2D eigenvalue weighted by Gasteiger charge is 2.51. The Hall–Kier alpha value is -1.87. The van der Waals surface area contributed by atoms with Crippen LogP contribution in [0.3, 0.4) is 0 Å². The molecule has 9 heteroatoms. The molecule has 4 saturated carbocycles. The van der Waals surface area contributed by atoms with E-state index in [0.717, 1.165) is 42.8 Å². The first-order chi connectivity index (χ1) is 14.1. The minimum Gasteiger partial charge on any atom is -0.332 e. The fourth-order valence-electron chi connectivity index (χ4n) is 5.83. The van der Waals surface area contributed by atoms with Crippen LogP contribution >= 0.6 is 23.1 Å². The smallest absolute Gasteiger partial charge is 0.321 e. The molecule has 29 heavy (non-hydrogen) atoms. The van der Waals surface area contributed by atoms with Crippen molar-refractivity contribution in [2.45, 2.75) is 55.6 Å². The molecule has 3 N–H and O–H groups in total. The van der Waals surface area contributed by atoms with Gasteiger partial charge in [0.1, 0.15) is 5.82 Å². The van der Waals surface area contributed by atoms with Crippen molar-refractivity contribution in [3.8, 4) is 0 Å². The number of aromatic amines is 1. The highest BCUT2D eigenvalue weighted by molar-refractivity contribution is 7.99. The molecule has 7 nitrogen and oxygen atoms in total. The largest absolute Gasteiger partial charge is 0.332 e. The third-order valence-electron chi connectivity index (χ3n) is 6.44. The second kappa shape index (κ2) is 7.75. The molecule has 0 radical (unpaired) electrons. The van der Waals surface area contributed by atoms with E-state index in [4.69, 9.17) is 0 Å². The summed E-state index contributed by atoms with van der Waals surface area (Å²) in [6, 6.07) is 3.70. The predicted octanol–water partition coefficient (Wildman–Crippen LogP) is 3.34. The maximum atomic E-state index is 12.4. The normalized spacial score (nSPS) is 29.7. The number of urea groups is 1. The van der Waals surface area contributed by atoms with Crippen LogP contribution in [0.15, 0.2) is 22.7 Å². The second-order valence-corrected chi connectivity index (χ2v) is 10.8. The molecule has 4 bridgehead atoms. The van der Waals surface area contributed by atoms with Gasteiger partial charge in [0.25, 0.3) is 0 Å². The molecule has 4 fully saturated rings. The summed E-state index contributed by atoms with van der Waals surface area (Å²) in [7, 11) is 0. The van der Waals surface area contributed by atoms with Crippen LogP contribution in [0.5, 0.6) is 0 Å². The molecule has 0 spiro atoms. The van der Waals surface area contributed by atoms with E-state index in [1.807, 2.05) is 11.4 Å². The maximum absolute atomic E-state index is 12.4. The fraction of sp³-hybridized carbons (Fsp3) is 0.600. The van der Waals surface area contributed by atoms with E-state index >= 15 is 0 Å². The molecular weight excluding hydrogens is 406 g/mol. The van der Waals surface area contributed by atoms with Crippen molar-refractivity contribution in [1.29, 1.82) is 0 Å². The summed E-state index contributed by atoms with van der Waals surface area (Å²) in [5.74, 6) is 2.83. The number of imide groups is 1. The van der Waals surface area contributed by atoms with E-state index in [9.17, 15) is 9.59 Å². The average molecular weight is 432 g/mol. The number of carbonyl (C=O) groups excluding carboxylic acids is 2. The van der Waals surface area contributed by atoms with Gasteiger partial charge in [-0.1, -0.05) is 17.8 Å². The van der Waals surface area contributed by atoms with Crippen LogP contribution in [-0.2, 0) is 11.2 Å². The van der Waals surface area contributed by atoms with Gasteiger partial charge in [0.15, 0.2) is 0 Å². The summed E-state index contributed by atoms with van der Waals surface area (Å²) < 4.78 is 0. The Morgan fingerprint density at radius 3 is 2.59 bits per heavy atom. The van der Waals surface area contributed by atoms with Crippen LogP contribution in [0.2, 0.25) is 0 Å². The van der Waals surface area contributed by atoms with E-state index in [0.29, 0.717) is 11.6 Å². The van der Waals surface area contributed by atoms with Gasteiger partial charge in [0.05, 0.1) is 5.75 Å².